The third kappa shape index (κ3) is 1.59. The van der Waals surface area contributed by atoms with Crippen LogP contribution in [0.3, 0.4) is 0 Å². The smallest absolute Gasteiger partial charge is 0.299 e. The largest absolute Gasteiger partial charge is 0.858 e. The highest BCUT2D eigenvalue weighted by molar-refractivity contribution is 7.90. The molecular weight excluding hydrogens is 218 g/mol. The van der Waals surface area contributed by atoms with Crippen LogP contribution in [-0.4, -0.2) is 19.3 Å². The van der Waals surface area contributed by atoms with Crippen LogP contribution in [0.2, 0.25) is 0 Å². The second-order valence-electron chi connectivity index (χ2n) is 3.13. The van der Waals surface area contributed by atoms with E-state index < -0.39 is 15.9 Å². The van der Waals surface area contributed by atoms with Crippen LogP contribution in [0.5, 0.6) is 0 Å². The fourth-order valence-corrected chi connectivity index (χ4v) is 2.61. The summed E-state index contributed by atoms with van der Waals surface area (Å²) in [5.41, 5.74) is 1.27. The number of hydrogen-bond donors (Lipinski definition) is 1. The van der Waals surface area contributed by atoms with Crippen molar-refractivity contribution < 1.29 is 13.5 Å². The van der Waals surface area contributed by atoms with Gasteiger partial charge in [0, 0.05) is 17.2 Å². The van der Waals surface area contributed by atoms with Crippen molar-refractivity contribution in [2.75, 3.05) is 0 Å². The highest BCUT2D eigenvalue weighted by atomic mass is 32.2. The summed E-state index contributed by atoms with van der Waals surface area (Å²) in [6, 6.07) is 1.66. The lowest BCUT2D eigenvalue weighted by Gasteiger charge is -2.08. The number of rotatable bonds is 0. The van der Waals surface area contributed by atoms with E-state index in [1.54, 1.807) is 19.9 Å². The van der Waals surface area contributed by atoms with Crippen LogP contribution in [0.25, 0.3) is 0 Å². The Bertz CT molecular complexity index is 548. The maximum absolute atomic E-state index is 11.3. The number of aryl methyl sites for hydroxylation is 2. The second kappa shape index (κ2) is 3.28. The summed E-state index contributed by atoms with van der Waals surface area (Å²) in [4.78, 5) is 3.82. The lowest BCUT2D eigenvalue weighted by molar-refractivity contribution is -0.212. The van der Waals surface area contributed by atoms with Gasteiger partial charge in [-0.2, -0.15) is 12.8 Å². The molecule has 1 aromatic rings. The molecule has 0 fully saturated rings. The number of sulfonamides is 1. The molecule has 7 heteroatoms. The second-order valence-corrected chi connectivity index (χ2v) is 4.65. The Morgan fingerprint density at radius 1 is 1.33 bits per heavy atom. The lowest BCUT2D eigenvalue weighted by Crippen LogP contribution is -2.18. The van der Waals surface area contributed by atoms with Crippen LogP contribution in [0.4, 0.5) is 0 Å². The van der Waals surface area contributed by atoms with Crippen molar-refractivity contribution >= 4 is 15.9 Å². The van der Waals surface area contributed by atoms with Crippen LogP contribution in [0.1, 0.15) is 16.8 Å². The Labute approximate surface area is 87.3 Å². The van der Waals surface area contributed by atoms with Crippen LogP contribution in [-0.2, 0) is 10.0 Å². The van der Waals surface area contributed by atoms with Crippen LogP contribution in [0, 0.1) is 13.8 Å². The first-order valence-corrected chi connectivity index (χ1v) is 5.36. The molecule has 0 atom stereocenters. The minimum Gasteiger partial charge on any atom is -0.858 e. The fraction of sp³-hybridized carbons (Fsp3) is 0.250. The predicted octanol–water partition coefficient (Wildman–Crippen LogP) is -0.116. The third-order valence-corrected chi connectivity index (χ3v) is 3.16. The van der Waals surface area contributed by atoms with E-state index in [0.717, 1.165) is 0 Å². The van der Waals surface area contributed by atoms with Gasteiger partial charge in [-0.25, -0.2) is 4.98 Å². The van der Waals surface area contributed by atoms with E-state index in [2.05, 4.69) is 9.38 Å². The molecule has 1 aliphatic rings. The van der Waals surface area contributed by atoms with E-state index in [0.29, 0.717) is 11.3 Å². The normalized spacial score (nSPS) is 16.5. The maximum Gasteiger partial charge on any atom is 0.299 e. The van der Waals surface area contributed by atoms with Gasteiger partial charge in [0.15, 0.2) is 5.03 Å². The molecule has 82 valence electrons. The minimum atomic E-state index is -3.84. The Morgan fingerprint density at radius 2 is 1.93 bits per heavy atom. The number of hydrogen-bond acceptors (Lipinski definition) is 4. The molecule has 4 N–H and O–H groups in total. The molecule has 2 rings (SSSR count). The topological polar surface area (TPSA) is 119 Å². The van der Waals surface area contributed by atoms with E-state index in [9.17, 15) is 13.5 Å². The third-order valence-electron chi connectivity index (χ3n) is 1.97. The molecule has 0 radical (unpaired) electrons. The molecule has 0 unspecified atom stereocenters. The van der Waals surface area contributed by atoms with Gasteiger partial charge in [-0.3, -0.25) is 0 Å². The van der Waals surface area contributed by atoms with Crippen molar-refractivity contribution in [2.24, 2.45) is 4.40 Å². The quantitative estimate of drug-likeness (QED) is 0.667. The van der Waals surface area contributed by atoms with Gasteiger partial charge < -0.3 is 11.3 Å². The Hall–Kier alpha value is -1.47. The van der Waals surface area contributed by atoms with Gasteiger partial charge in [0.2, 0.25) is 0 Å². The predicted molar refractivity (Wildman–Crippen MR) is 53.4 cm³/mol. The summed E-state index contributed by atoms with van der Waals surface area (Å²) >= 11 is 0. The summed E-state index contributed by atoms with van der Waals surface area (Å²) in [7, 11) is -3.84. The van der Waals surface area contributed by atoms with E-state index in [1.807, 2.05) is 0 Å². The van der Waals surface area contributed by atoms with Gasteiger partial charge in [-0.1, -0.05) is 0 Å². The Morgan fingerprint density at radius 3 is 2.53 bits per heavy atom. The lowest BCUT2D eigenvalue weighted by atomic mass is 10.1. The Kier molecular flexibility index (Phi) is 2.54. The van der Waals surface area contributed by atoms with Crippen molar-refractivity contribution in [3.05, 3.63) is 22.9 Å². The van der Waals surface area contributed by atoms with Crippen molar-refractivity contribution in [1.82, 2.24) is 11.1 Å². The molecule has 1 aliphatic heterocycles. The zero-order chi connectivity index (χ0) is 10.5. The van der Waals surface area contributed by atoms with E-state index >= 15 is 0 Å². The number of nitrogens with zero attached hydrogens (tertiary/aromatic N) is 2. The highest BCUT2D eigenvalue weighted by Gasteiger charge is 2.27. The van der Waals surface area contributed by atoms with Gasteiger partial charge in [-0.15, -0.1) is 0 Å². The summed E-state index contributed by atoms with van der Waals surface area (Å²) in [5, 5.41) is 11.0. The molecule has 15 heavy (non-hydrogen) atoms. The van der Waals surface area contributed by atoms with Crippen LogP contribution >= 0.6 is 0 Å². The zero-order valence-corrected chi connectivity index (χ0v) is 9.42. The highest BCUT2D eigenvalue weighted by Crippen LogP contribution is 2.25. The molecular formula is C8H11N3O3S. The van der Waals surface area contributed by atoms with Gasteiger partial charge in [0.05, 0.1) is 0 Å². The molecule has 0 amide bonds. The molecule has 1 aromatic heterocycles. The fourth-order valence-electron chi connectivity index (χ4n) is 1.45. The maximum atomic E-state index is 11.3. The monoisotopic (exact) mass is 229 g/mol. The standard InChI is InChI=1S/C8H8N2O3S.H3N/c1-4-3-5(2)9-8-6(4)7(11)10-14(8,12)13;/h3H,1-2H3,(H,10,11);1H3. The van der Waals surface area contributed by atoms with E-state index in [-0.39, 0.29) is 16.7 Å². The molecule has 0 aromatic carbocycles. The van der Waals surface area contributed by atoms with Crippen LogP contribution < -0.4 is 11.3 Å². The number of pyridine rings is 1. The minimum absolute atomic E-state index is 0. The zero-order valence-electron chi connectivity index (χ0n) is 8.60. The van der Waals surface area contributed by atoms with Crippen molar-refractivity contribution in [2.45, 2.75) is 18.9 Å². The van der Waals surface area contributed by atoms with Crippen molar-refractivity contribution in [3.63, 3.8) is 0 Å². The Balaban J connectivity index is 0.00000112. The van der Waals surface area contributed by atoms with Gasteiger partial charge >= 0.3 is 0 Å². The molecule has 0 spiro atoms. The van der Waals surface area contributed by atoms with E-state index in [1.165, 1.54) is 0 Å². The van der Waals surface area contributed by atoms with Gasteiger partial charge in [0.1, 0.15) is 0 Å². The van der Waals surface area contributed by atoms with Crippen molar-refractivity contribution in [1.29, 1.82) is 0 Å². The first-order chi connectivity index (χ1) is 6.42. The van der Waals surface area contributed by atoms with Crippen LogP contribution in [0.15, 0.2) is 15.5 Å². The molecule has 0 aliphatic carbocycles. The average Bonchev–Trinajstić information content (AvgIpc) is 2.21. The molecule has 6 nitrogen and oxygen atoms in total. The van der Waals surface area contributed by atoms with E-state index in [4.69, 9.17) is 0 Å². The summed E-state index contributed by atoms with van der Waals surface area (Å²) in [6.45, 7) is 3.34. The molecule has 0 bridgehead atoms. The summed E-state index contributed by atoms with van der Waals surface area (Å²) in [6.07, 6.45) is 0. The van der Waals surface area contributed by atoms with Gasteiger partial charge in [-0.05, 0) is 25.5 Å². The average molecular weight is 229 g/mol. The first kappa shape index (κ1) is 11.6. The first-order valence-electron chi connectivity index (χ1n) is 3.92. The summed E-state index contributed by atoms with van der Waals surface area (Å²) < 4.78 is 25.7. The van der Waals surface area contributed by atoms with Crippen molar-refractivity contribution in [3.8, 4) is 0 Å². The van der Waals surface area contributed by atoms with Gasteiger partial charge in [0.25, 0.3) is 10.0 Å². The molecule has 0 saturated heterocycles. The number of quaternary nitrogens is 1. The molecule has 0 saturated carbocycles. The molecule has 2 heterocycles. The summed E-state index contributed by atoms with van der Waals surface area (Å²) in [5.74, 6) is -0.718. The number of aromatic nitrogens is 1. The number of fused-ring (bicyclic) bond motifs is 1. The SMILES string of the molecule is Cc1cc(C)c2c(n1)S(=O)(=O)N=C2[O-].[NH4+].